The van der Waals surface area contributed by atoms with Gasteiger partial charge in [-0.25, -0.2) is 0 Å². The highest BCUT2D eigenvalue weighted by Crippen LogP contribution is 2.25. The fourth-order valence-electron chi connectivity index (χ4n) is 3.23. The van der Waals surface area contributed by atoms with E-state index in [1.807, 2.05) is 29.2 Å². The van der Waals surface area contributed by atoms with Crippen LogP contribution in [0.4, 0.5) is 20.2 Å². The second-order valence-electron chi connectivity index (χ2n) is 6.79. The van der Waals surface area contributed by atoms with E-state index >= 15 is 0 Å². The molecule has 0 saturated carbocycles. The van der Waals surface area contributed by atoms with E-state index in [1.165, 1.54) is 19.1 Å². The predicted octanol–water partition coefficient (Wildman–Crippen LogP) is 3.25. The molecular weight excluding hydrogens is 380 g/mol. The van der Waals surface area contributed by atoms with Gasteiger partial charge in [-0.05, 0) is 43.3 Å². The fourth-order valence-corrected chi connectivity index (χ4v) is 3.23. The Morgan fingerprint density at radius 1 is 1.03 bits per heavy atom. The number of anilines is 2. The molecule has 0 aromatic heterocycles. The van der Waals surface area contributed by atoms with Gasteiger partial charge in [-0.15, -0.1) is 0 Å². The zero-order valence-electron chi connectivity index (χ0n) is 16.1. The lowest BCUT2D eigenvalue weighted by atomic mass is 10.1. The Bertz CT molecular complexity index is 851. The number of hydrogen-bond acceptors (Lipinski definition) is 5. The van der Waals surface area contributed by atoms with Crippen LogP contribution in [0.5, 0.6) is 5.75 Å². The maximum absolute atomic E-state index is 12.5. The molecule has 0 spiro atoms. The van der Waals surface area contributed by atoms with Gasteiger partial charge in [-0.2, -0.15) is 8.78 Å². The van der Waals surface area contributed by atoms with E-state index in [-0.39, 0.29) is 29.7 Å². The SMILES string of the molecule is CC(=O)c1ccc(N2CCN(CC(=O)Nc3ccccc3OC(F)F)CC2)cc1. The van der Waals surface area contributed by atoms with Crippen LogP contribution in [0, 0.1) is 0 Å². The number of ketones is 1. The van der Waals surface area contributed by atoms with Gasteiger partial charge < -0.3 is 15.0 Å². The number of carbonyl (C=O) groups is 2. The van der Waals surface area contributed by atoms with Gasteiger partial charge in [-0.3, -0.25) is 14.5 Å². The van der Waals surface area contributed by atoms with Gasteiger partial charge in [0.05, 0.1) is 12.2 Å². The molecular formula is C21H23F2N3O3. The number of carbonyl (C=O) groups excluding carboxylic acids is 2. The first-order valence-electron chi connectivity index (χ1n) is 9.34. The highest BCUT2D eigenvalue weighted by atomic mass is 19.3. The Morgan fingerprint density at radius 2 is 1.69 bits per heavy atom. The maximum Gasteiger partial charge on any atom is 0.387 e. The highest BCUT2D eigenvalue weighted by Gasteiger charge is 2.20. The fraction of sp³-hybridized carbons (Fsp3) is 0.333. The Kier molecular flexibility index (Phi) is 6.77. The van der Waals surface area contributed by atoms with Crippen LogP contribution in [-0.4, -0.2) is 55.9 Å². The van der Waals surface area contributed by atoms with E-state index in [2.05, 4.69) is 15.0 Å². The number of rotatable bonds is 7. The maximum atomic E-state index is 12.5. The van der Waals surface area contributed by atoms with Crippen molar-refractivity contribution in [3.63, 3.8) is 0 Å². The Hall–Kier alpha value is -3.00. The van der Waals surface area contributed by atoms with E-state index in [0.717, 1.165) is 18.8 Å². The molecule has 2 aromatic carbocycles. The number of para-hydroxylation sites is 2. The summed E-state index contributed by atoms with van der Waals surface area (Å²) in [5.74, 6) is -0.308. The van der Waals surface area contributed by atoms with Gasteiger partial charge in [0.25, 0.3) is 0 Å². The van der Waals surface area contributed by atoms with Crippen molar-refractivity contribution in [3.8, 4) is 5.75 Å². The number of amides is 1. The Labute approximate surface area is 168 Å². The molecule has 2 aromatic rings. The molecule has 6 nitrogen and oxygen atoms in total. The van der Waals surface area contributed by atoms with Crippen LogP contribution in [0.1, 0.15) is 17.3 Å². The third kappa shape index (κ3) is 5.74. The third-order valence-corrected chi connectivity index (χ3v) is 4.76. The molecule has 1 aliphatic heterocycles. The minimum absolute atomic E-state index is 0.0351. The number of piperazine rings is 1. The number of nitrogens with zero attached hydrogens (tertiary/aromatic N) is 2. The van der Waals surface area contributed by atoms with Crippen molar-refractivity contribution in [3.05, 3.63) is 54.1 Å². The van der Waals surface area contributed by atoms with Crippen molar-refractivity contribution < 1.29 is 23.1 Å². The highest BCUT2D eigenvalue weighted by molar-refractivity contribution is 5.94. The van der Waals surface area contributed by atoms with Crippen LogP contribution < -0.4 is 15.0 Å². The van der Waals surface area contributed by atoms with Crippen LogP contribution in [0.25, 0.3) is 0 Å². The molecule has 1 heterocycles. The molecule has 0 bridgehead atoms. The van der Waals surface area contributed by atoms with Crippen molar-refractivity contribution in [1.29, 1.82) is 0 Å². The molecule has 29 heavy (non-hydrogen) atoms. The largest absolute Gasteiger partial charge is 0.433 e. The average Bonchev–Trinajstić information content (AvgIpc) is 2.70. The van der Waals surface area contributed by atoms with Crippen molar-refractivity contribution in [2.75, 3.05) is 42.9 Å². The van der Waals surface area contributed by atoms with Crippen LogP contribution in [0.3, 0.4) is 0 Å². The van der Waals surface area contributed by atoms with Gasteiger partial charge in [0.15, 0.2) is 5.78 Å². The number of alkyl halides is 2. The lowest BCUT2D eigenvalue weighted by Crippen LogP contribution is -2.48. The van der Waals surface area contributed by atoms with Crippen molar-refractivity contribution in [1.82, 2.24) is 4.90 Å². The number of Topliss-reactive ketones (excluding diaryl/α,β-unsaturated/α-hetero) is 1. The van der Waals surface area contributed by atoms with Gasteiger partial charge in [0.1, 0.15) is 5.75 Å². The molecule has 0 atom stereocenters. The summed E-state index contributed by atoms with van der Waals surface area (Å²) < 4.78 is 29.4. The molecule has 3 rings (SSSR count). The minimum Gasteiger partial charge on any atom is -0.433 e. The molecule has 1 saturated heterocycles. The van der Waals surface area contributed by atoms with Crippen LogP contribution in [-0.2, 0) is 4.79 Å². The summed E-state index contributed by atoms with van der Waals surface area (Å²) in [5.41, 5.74) is 1.94. The smallest absolute Gasteiger partial charge is 0.387 e. The van der Waals surface area contributed by atoms with Gasteiger partial charge in [0.2, 0.25) is 5.91 Å². The number of ether oxygens (including phenoxy) is 1. The normalized spacial score (nSPS) is 14.7. The first kappa shape index (κ1) is 20.7. The number of halogens is 2. The summed E-state index contributed by atoms with van der Waals surface area (Å²) in [6, 6.07) is 13.6. The zero-order chi connectivity index (χ0) is 20.8. The number of benzene rings is 2. The van der Waals surface area contributed by atoms with Crippen LogP contribution in [0.15, 0.2) is 48.5 Å². The number of hydrogen-bond donors (Lipinski definition) is 1. The quantitative estimate of drug-likeness (QED) is 0.719. The zero-order valence-corrected chi connectivity index (χ0v) is 16.1. The predicted molar refractivity (Wildman–Crippen MR) is 107 cm³/mol. The first-order chi connectivity index (χ1) is 13.9. The van der Waals surface area contributed by atoms with Gasteiger partial charge >= 0.3 is 6.61 Å². The van der Waals surface area contributed by atoms with Crippen LogP contribution >= 0.6 is 0 Å². The summed E-state index contributed by atoms with van der Waals surface area (Å²) >= 11 is 0. The standard InChI is InChI=1S/C21H23F2N3O3/c1-15(27)16-6-8-17(9-7-16)26-12-10-25(11-13-26)14-20(28)24-18-4-2-3-5-19(18)29-21(22)23/h2-9,21H,10-14H2,1H3,(H,24,28). The van der Waals surface area contributed by atoms with Crippen LogP contribution in [0.2, 0.25) is 0 Å². The summed E-state index contributed by atoms with van der Waals surface area (Å²) in [5, 5.41) is 2.64. The molecule has 1 aliphatic rings. The topological polar surface area (TPSA) is 61.9 Å². The summed E-state index contributed by atoms with van der Waals surface area (Å²) in [7, 11) is 0. The monoisotopic (exact) mass is 403 g/mol. The lowest BCUT2D eigenvalue weighted by Gasteiger charge is -2.35. The summed E-state index contributed by atoms with van der Waals surface area (Å²) in [6.07, 6.45) is 0. The molecule has 1 amide bonds. The number of nitrogens with one attached hydrogen (secondary N) is 1. The summed E-state index contributed by atoms with van der Waals surface area (Å²) in [6.45, 7) is 1.63. The molecule has 0 radical (unpaired) electrons. The van der Waals surface area contributed by atoms with E-state index in [0.29, 0.717) is 18.7 Å². The second-order valence-corrected chi connectivity index (χ2v) is 6.79. The Morgan fingerprint density at radius 3 is 2.31 bits per heavy atom. The molecule has 8 heteroatoms. The molecule has 1 fully saturated rings. The molecule has 0 aliphatic carbocycles. The van der Waals surface area contributed by atoms with Crippen molar-refractivity contribution in [2.45, 2.75) is 13.5 Å². The first-order valence-corrected chi connectivity index (χ1v) is 9.34. The minimum atomic E-state index is -2.95. The van der Waals surface area contributed by atoms with E-state index < -0.39 is 6.61 Å². The van der Waals surface area contributed by atoms with Crippen molar-refractivity contribution in [2.24, 2.45) is 0 Å². The third-order valence-electron chi connectivity index (χ3n) is 4.76. The van der Waals surface area contributed by atoms with E-state index in [4.69, 9.17) is 0 Å². The molecule has 0 unspecified atom stereocenters. The second kappa shape index (κ2) is 9.47. The Balaban J connectivity index is 1.50. The van der Waals surface area contributed by atoms with E-state index in [1.54, 1.807) is 12.1 Å². The average molecular weight is 403 g/mol. The van der Waals surface area contributed by atoms with Crippen molar-refractivity contribution >= 4 is 23.1 Å². The van der Waals surface area contributed by atoms with Gasteiger partial charge in [-0.1, -0.05) is 12.1 Å². The van der Waals surface area contributed by atoms with E-state index in [9.17, 15) is 18.4 Å². The lowest BCUT2D eigenvalue weighted by molar-refractivity contribution is -0.117. The van der Waals surface area contributed by atoms with Gasteiger partial charge in [0, 0.05) is 37.4 Å². The molecule has 1 N–H and O–H groups in total. The molecule has 154 valence electrons. The summed E-state index contributed by atoms with van der Waals surface area (Å²) in [4.78, 5) is 27.9.